The molecule has 2 unspecified atom stereocenters. The average Bonchev–Trinajstić information content (AvgIpc) is 2.89. The van der Waals surface area contributed by atoms with E-state index in [1.807, 2.05) is 24.3 Å². The topological polar surface area (TPSA) is 41.6 Å². The molecule has 2 aliphatic heterocycles. The Kier molecular flexibility index (Phi) is 4.22. The molecule has 1 N–H and O–H groups in total. The van der Waals surface area contributed by atoms with Crippen LogP contribution in [-0.4, -0.2) is 42.6 Å². The third-order valence-corrected chi connectivity index (χ3v) is 5.27. The van der Waals surface area contributed by atoms with Crippen molar-refractivity contribution in [2.24, 2.45) is 0 Å². The normalized spacial score (nSPS) is 29.0. The van der Waals surface area contributed by atoms with Crippen molar-refractivity contribution in [3.63, 3.8) is 0 Å². The first-order valence-corrected chi connectivity index (χ1v) is 8.31. The highest BCUT2D eigenvalue weighted by Gasteiger charge is 2.54. The van der Waals surface area contributed by atoms with Gasteiger partial charge in [0.15, 0.2) is 5.54 Å². The Morgan fingerprint density at radius 3 is 2.81 bits per heavy atom. The van der Waals surface area contributed by atoms with Crippen molar-refractivity contribution in [3.8, 4) is 0 Å². The fourth-order valence-electron chi connectivity index (χ4n) is 3.71. The molecular formula is C16H21BrN2O2. The van der Waals surface area contributed by atoms with Crippen molar-refractivity contribution in [2.75, 3.05) is 25.5 Å². The molecule has 114 valence electrons. The molecule has 4 nitrogen and oxygen atoms in total. The van der Waals surface area contributed by atoms with E-state index < -0.39 is 5.54 Å². The highest BCUT2D eigenvalue weighted by atomic mass is 79.9. The van der Waals surface area contributed by atoms with Crippen LogP contribution in [0.15, 0.2) is 28.7 Å². The standard InChI is InChI=1S/C16H21BrN2O2/c1-21-15(20)16(18-13-7-5-12(17)6-8-13)9-11-19-10-3-2-4-14(16)19/h5-8,14,18H,2-4,9-11H2,1H3. The lowest BCUT2D eigenvalue weighted by molar-refractivity contribution is -0.147. The molecule has 5 heteroatoms. The van der Waals surface area contributed by atoms with Crippen LogP contribution in [-0.2, 0) is 9.53 Å². The predicted octanol–water partition coefficient (Wildman–Crippen LogP) is 3.03. The molecular weight excluding hydrogens is 332 g/mol. The maximum Gasteiger partial charge on any atom is 0.333 e. The summed E-state index contributed by atoms with van der Waals surface area (Å²) in [6.45, 7) is 2.05. The zero-order valence-electron chi connectivity index (χ0n) is 12.3. The number of ether oxygens (including phenoxy) is 1. The summed E-state index contributed by atoms with van der Waals surface area (Å²) >= 11 is 3.44. The highest BCUT2D eigenvalue weighted by Crippen LogP contribution is 2.38. The number of benzene rings is 1. The molecule has 0 spiro atoms. The van der Waals surface area contributed by atoms with E-state index in [1.54, 1.807) is 0 Å². The number of methoxy groups -OCH3 is 1. The first kappa shape index (κ1) is 14.9. The SMILES string of the molecule is COC(=O)C1(Nc2ccc(Br)cc2)CCN2CCCCC21. The van der Waals surface area contributed by atoms with Gasteiger partial charge in [0.05, 0.1) is 7.11 Å². The minimum Gasteiger partial charge on any atom is -0.467 e. The number of esters is 1. The van der Waals surface area contributed by atoms with Crippen LogP contribution in [0.5, 0.6) is 0 Å². The molecule has 0 saturated carbocycles. The summed E-state index contributed by atoms with van der Waals surface area (Å²) in [5.74, 6) is -0.139. The van der Waals surface area contributed by atoms with Gasteiger partial charge in [-0.05, 0) is 50.1 Å². The smallest absolute Gasteiger partial charge is 0.333 e. The quantitative estimate of drug-likeness (QED) is 0.849. The minimum atomic E-state index is -0.608. The second-order valence-corrected chi connectivity index (χ2v) is 6.81. The molecule has 2 fully saturated rings. The number of nitrogens with zero attached hydrogens (tertiary/aromatic N) is 1. The van der Waals surface area contributed by atoms with Crippen molar-refractivity contribution in [3.05, 3.63) is 28.7 Å². The van der Waals surface area contributed by atoms with Gasteiger partial charge in [-0.2, -0.15) is 0 Å². The number of anilines is 1. The van der Waals surface area contributed by atoms with Crippen molar-refractivity contribution in [2.45, 2.75) is 37.3 Å². The number of fused-ring (bicyclic) bond motifs is 1. The molecule has 0 amide bonds. The Labute approximate surface area is 134 Å². The van der Waals surface area contributed by atoms with Crippen LogP contribution < -0.4 is 5.32 Å². The van der Waals surface area contributed by atoms with Gasteiger partial charge in [0.2, 0.25) is 0 Å². The van der Waals surface area contributed by atoms with Gasteiger partial charge in [0.25, 0.3) is 0 Å². The first-order chi connectivity index (χ1) is 10.2. The third-order valence-electron chi connectivity index (χ3n) is 4.74. The Hall–Kier alpha value is -1.07. The molecule has 0 bridgehead atoms. The van der Waals surface area contributed by atoms with Gasteiger partial charge in [-0.1, -0.05) is 22.4 Å². The van der Waals surface area contributed by atoms with Crippen molar-refractivity contribution in [1.82, 2.24) is 4.90 Å². The van der Waals surface area contributed by atoms with Gasteiger partial charge < -0.3 is 10.1 Å². The molecule has 0 radical (unpaired) electrons. The summed E-state index contributed by atoms with van der Waals surface area (Å²) in [6, 6.07) is 8.21. The summed E-state index contributed by atoms with van der Waals surface area (Å²) in [5.41, 5.74) is 0.360. The molecule has 2 atom stereocenters. The van der Waals surface area contributed by atoms with Crippen LogP contribution in [0.25, 0.3) is 0 Å². The van der Waals surface area contributed by atoms with E-state index in [4.69, 9.17) is 4.74 Å². The summed E-state index contributed by atoms with van der Waals surface area (Å²) in [5, 5.41) is 3.49. The Morgan fingerprint density at radius 2 is 2.10 bits per heavy atom. The molecule has 21 heavy (non-hydrogen) atoms. The number of rotatable bonds is 3. The van der Waals surface area contributed by atoms with E-state index in [0.29, 0.717) is 0 Å². The van der Waals surface area contributed by atoms with Gasteiger partial charge in [0.1, 0.15) is 0 Å². The molecule has 2 aliphatic rings. The zero-order chi connectivity index (χ0) is 14.9. The van der Waals surface area contributed by atoms with Crippen molar-refractivity contribution < 1.29 is 9.53 Å². The summed E-state index contributed by atoms with van der Waals surface area (Å²) < 4.78 is 6.18. The number of hydrogen-bond acceptors (Lipinski definition) is 4. The minimum absolute atomic E-state index is 0.139. The van der Waals surface area contributed by atoms with Crippen LogP contribution in [0.1, 0.15) is 25.7 Å². The molecule has 3 rings (SSSR count). The summed E-state index contributed by atoms with van der Waals surface area (Å²) in [4.78, 5) is 15.0. The Balaban J connectivity index is 1.90. The van der Waals surface area contributed by atoms with Crippen LogP contribution in [0, 0.1) is 0 Å². The highest BCUT2D eigenvalue weighted by molar-refractivity contribution is 9.10. The van der Waals surface area contributed by atoms with E-state index in [-0.39, 0.29) is 12.0 Å². The third kappa shape index (κ3) is 2.69. The maximum atomic E-state index is 12.5. The van der Waals surface area contributed by atoms with Crippen LogP contribution in [0.2, 0.25) is 0 Å². The first-order valence-electron chi connectivity index (χ1n) is 7.52. The molecule has 2 heterocycles. The number of nitrogens with one attached hydrogen (secondary N) is 1. The van der Waals surface area contributed by atoms with Gasteiger partial charge in [-0.3, -0.25) is 4.90 Å². The maximum absolute atomic E-state index is 12.5. The Morgan fingerprint density at radius 1 is 1.33 bits per heavy atom. The summed E-state index contributed by atoms with van der Waals surface area (Å²) in [7, 11) is 1.48. The number of carbonyl (C=O) groups is 1. The van der Waals surface area contributed by atoms with Gasteiger partial charge in [-0.15, -0.1) is 0 Å². The molecule has 0 aromatic heterocycles. The van der Waals surface area contributed by atoms with Gasteiger partial charge in [0, 0.05) is 22.7 Å². The Bertz CT molecular complexity index is 520. The molecule has 1 aromatic rings. The molecule has 2 saturated heterocycles. The zero-order valence-corrected chi connectivity index (χ0v) is 13.9. The number of hydrogen-bond donors (Lipinski definition) is 1. The van der Waals surface area contributed by atoms with Gasteiger partial charge >= 0.3 is 5.97 Å². The van der Waals surface area contributed by atoms with E-state index in [1.165, 1.54) is 20.0 Å². The predicted molar refractivity (Wildman–Crippen MR) is 86.3 cm³/mol. The molecule has 0 aliphatic carbocycles. The van der Waals surface area contributed by atoms with E-state index in [9.17, 15) is 4.79 Å². The molecule has 1 aromatic carbocycles. The average molecular weight is 353 g/mol. The number of carbonyl (C=O) groups excluding carboxylic acids is 1. The fraction of sp³-hybridized carbons (Fsp3) is 0.562. The summed E-state index contributed by atoms with van der Waals surface area (Å²) in [6.07, 6.45) is 4.27. The van der Waals surface area contributed by atoms with E-state index >= 15 is 0 Å². The van der Waals surface area contributed by atoms with Crippen molar-refractivity contribution in [1.29, 1.82) is 0 Å². The number of halogens is 1. The van der Waals surface area contributed by atoms with E-state index in [2.05, 4.69) is 26.1 Å². The van der Waals surface area contributed by atoms with Gasteiger partial charge in [-0.25, -0.2) is 4.79 Å². The fourth-order valence-corrected chi connectivity index (χ4v) is 3.98. The van der Waals surface area contributed by atoms with Crippen LogP contribution in [0.3, 0.4) is 0 Å². The van der Waals surface area contributed by atoms with Crippen LogP contribution >= 0.6 is 15.9 Å². The second kappa shape index (κ2) is 5.97. The lowest BCUT2D eigenvalue weighted by atomic mass is 9.85. The largest absolute Gasteiger partial charge is 0.467 e. The van der Waals surface area contributed by atoms with E-state index in [0.717, 1.165) is 36.1 Å². The van der Waals surface area contributed by atoms with Crippen molar-refractivity contribution >= 4 is 27.6 Å². The monoisotopic (exact) mass is 352 g/mol. The number of piperidine rings is 1. The van der Waals surface area contributed by atoms with Crippen LogP contribution in [0.4, 0.5) is 5.69 Å². The second-order valence-electron chi connectivity index (χ2n) is 5.89. The lowest BCUT2D eigenvalue weighted by Crippen LogP contribution is -2.57. The lowest BCUT2D eigenvalue weighted by Gasteiger charge is -2.39.